The molecule has 2 aromatic carbocycles. The first-order chi connectivity index (χ1) is 10.7. The van der Waals surface area contributed by atoms with Crippen molar-refractivity contribution in [3.05, 3.63) is 72.9 Å². The minimum atomic E-state index is -0.643. The molecule has 3 rings (SSSR count). The first-order valence-corrected chi connectivity index (χ1v) is 6.54. The molecule has 0 saturated heterocycles. The summed E-state index contributed by atoms with van der Waals surface area (Å²) >= 11 is 0. The number of imidazole rings is 1. The molecule has 1 amide bonds. The highest BCUT2D eigenvalue weighted by molar-refractivity contribution is 5.85. The fourth-order valence-electron chi connectivity index (χ4n) is 1.89. The van der Waals surface area contributed by atoms with Crippen molar-refractivity contribution < 1.29 is 13.9 Å². The Kier molecular flexibility index (Phi) is 3.82. The lowest BCUT2D eigenvalue weighted by Crippen LogP contribution is -2.16. The van der Waals surface area contributed by atoms with Crippen LogP contribution in [0.3, 0.4) is 0 Å². The Labute approximate surface area is 126 Å². The monoisotopic (exact) mass is 297 g/mol. The Morgan fingerprint density at radius 1 is 1.14 bits per heavy atom. The van der Waals surface area contributed by atoms with E-state index in [-0.39, 0.29) is 5.82 Å². The number of anilines is 1. The van der Waals surface area contributed by atoms with Crippen LogP contribution in [-0.4, -0.2) is 15.6 Å². The number of ether oxygens (including phenoxy) is 1. The summed E-state index contributed by atoms with van der Waals surface area (Å²) < 4.78 is 19.9. The first kappa shape index (κ1) is 13.8. The van der Waals surface area contributed by atoms with E-state index in [4.69, 9.17) is 4.74 Å². The van der Waals surface area contributed by atoms with Crippen LogP contribution in [0, 0.1) is 5.82 Å². The normalized spacial score (nSPS) is 10.2. The standard InChI is InChI=1S/C16H12FN3O2/c17-12-5-4-6-13(9-12)20-10-15(18-11-20)19-16(21)22-14-7-2-1-3-8-14/h1-11H,(H,19,21). The molecular formula is C16H12FN3O2. The SMILES string of the molecule is O=C(Nc1cn(-c2cccc(F)c2)cn1)Oc1ccccc1. The molecule has 0 aliphatic rings. The molecule has 0 unspecified atom stereocenters. The Morgan fingerprint density at radius 3 is 2.73 bits per heavy atom. The quantitative estimate of drug-likeness (QED) is 0.803. The van der Waals surface area contributed by atoms with Crippen molar-refractivity contribution in [1.29, 1.82) is 0 Å². The van der Waals surface area contributed by atoms with E-state index < -0.39 is 6.09 Å². The molecule has 1 N–H and O–H groups in total. The maximum absolute atomic E-state index is 13.2. The zero-order valence-corrected chi connectivity index (χ0v) is 11.4. The van der Waals surface area contributed by atoms with Crippen LogP contribution in [0.4, 0.5) is 15.0 Å². The van der Waals surface area contributed by atoms with Gasteiger partial charge >= 0.3 is 6.09 Å². The largest absolute Gasteiger partial charge is 0.418 e. The molecule has 110 valence electrons. The van der Waals surface area contributed by atoms with Crippen LogP contribution in [-0.2, 0) is 0 Å². The van der Waals surface area contributed by atoms with Gasteiger partial charge in [0.2, 0.25) is 0 Å². The fraction of sp³-hybridized carbons (Fsp3) is 0. The lowest BCUT2D eigenvalue weighted by atomic mass is 10.3. The summed E-state index contributed by atoms with van der Waals surface area (Å²) in [4.78, 5) is 15.8. The van der Waals surface area contributed by atoms with Crippen LogP contribution >= 0.6 is 0 Å². The predicted molar refractivity (Wildman–Crippen MR) is 79.6 cm³/mol. The molecule has 0 aliphatic heterocycles. The highest BCUT2D eigenvalue weighted by atomic mass is 19.1. The number of benzene rings is 2. The number of aromatic nitrogens is 2. The second-order valence-corrected chi connectivity index (χ2v) is 4.47. The summed E-state index contributed by atoms with van der Waals surface area (Å²) in [5, 5.41) is 2.51. The first-order valence-electron chi connectivity index (χ1n) is 6.54. The van der Waals surface area contributed by atoms with Crippen molar-refractivity contribution in [2.75, 3.05) is 5.32 Å². The fourth-order valence-corrected chi connectivity index (χ4v) is 1.89. The minimum absolute atomic E-state index is 0.310. The molecule has 5 nitrogen and oxygen atoms in total. The van der Waals surface area contributed by atoms with Crippen molar-refractivity contribution in [1.82, 2.24) is 9.55 Å². The summed E-state index contributed by atoms with van der Waals surface area (Å²) in [6, 6.07) is 14.8. The van der Waals surface area contributed by atoms with Gasteiger partial charge < -0.3 is 9.30 Å². The van der Waals surface area contributed by atoms with E-state index in [1.165, 1.54) is 18.5 Å². The number of rotatable bonds is 3. The Hall–Kier alpha value is -3.15. The van der Waals surface area contributed by atoms with E-state index in [1.807, 2.05) is 6.07 Å². The van der Waals surface area contributed by atoms with E-state index in [1.54, 1.807) is 47.2 Å². The number of amides is 1. The third-order valence-electron chi connectivity index (χ3n) is 2.87. The highest BCUT2D eigenvalue weighted by Crippen LogP contribution is 2.14. The van der Waals surface area contributed by atoms with Crippen molar-refractivity contribution in [3.8, 4) is 11.4 Å². The number of hydrogen-bond acceptors (Lipinski definition) is 3. The zero-order chi connectivity index (χ0) is 15.4. The summed E-state index contributed by atoms with van der Waals surface area (Å²) in [5.74, 6) is 0.402. The van der Waals surface area contributed by atoms with Gasteiger partial charge in [-0.15, -0.1) is 0 Å². The van der Waals surface area contributed by atoms with Crippen LogP contribution in [0.2, 0.25) is 0 Å². The maximum atomic E-state index is 13.2. The molecule has 6 heteroatoms. The average molecular weight is 297 g/mol. The summed E-state index contributed by atoms with van der Waals surface area (Å²) in [5.41, 5.74) is 0.608. The van der Waals surface area contributed by atoms with Gasteiger partial charge in [-0.1, -0.05) is 24.3 Å². The minimum Gasteiger partial charge on any atom is -0.410 e. The second kappa shape index (κ2) is 6.09. The van der Waals surface area contributed by atoms with Gasteiger partial charge in [0.25, 0.3) is 0 Å². The Bertz CT molecular complexity index is 787. The molecule has 0 spiro atoms. The topological polar surface area (TPSA) is 56.2 Å². The second-order valence-electron chi connectivity index (χ2n) is 4.47. The number of hydrogen-bond donors (Lipinski definition) is 1. The van der Waals surface area contributed by atoms with Crippen molar-refractivity contribution in [2.45, 2.75) is 0 Å². The molecule has 22 heavy (non-hydrogen) atoms. The molecule has 1 aromatic heterocycles. The van der Waals surface area contributed by atoms with Crippen LogP contribution < -0.4 is 10.1 Å². The van der Waals surface area contributed by atoms with Gasteiger partial charge in [0.1, 0.15) is 17.9 Å². The van der Waals surface area contributed by atoms with E-state index in [0.717, 1.165) is 0 Å². The van der Waals surface area contributed by atoms with Gasteiger partial charge in [-0.3, -0.25) is 5.32 Å². The number of nitrogens with zero attached hydrogens (tertiary/aromatic N) is 2. The summed E-state index contributed by atoms with van der Waals surface area (Å²) in [6.07, 6.45) is 2.41. The Morgan fingerprint density at radius 2 is 1.95 bits per heavy atom. The van der Waals surface area contributed by atoms with Gasteiger partial charge in [0.15, 0.2) is 5.82 Å². The average Bonchev–Trinajstić information content (AvgIpc) is 2.96. The van der Waals surface area contributed by atoms with Crippen LogP contribution in [0.1, 0.15) is 0 Å². The van der Waals surface area contributed by atoms with Gasteiger partial charge in [-0.05, 0) is 30.3 Å². The third-order valence-corrected chi connectivity index (χ3v) is 2.87. The lowest BCUT2D eigenvalue weighted by Gasteiger charge is -2.04. The molecule has 0 atom stereocenters. The van der Waals surface area contributed by atoms with Gasteiger partial charge in [-0.2, -0.15) is 0 Å². The van der Waals surface area contributed by atoms with Gasteiger partial charge in [0, 0.05) is 5.69 Å². The smallest absolute Gasteiger partial charge is 0.410 e. The predicted octanol–water partition coefficient (Wildman–Crippen LogP) is 3.62. The molecule has 0 aliphatic carbocycles. The lowest BCUT2D eigenvalue weighted by molar-refractivity contribution is 0.215. The van der Waals surface area contributed by atoms with Crippen LogP contribution in [0.25, 0.3) is 5.69 Å². The van der Waals surface area contributed by atoms with Crippen molar-refractivity contribution in [3.63, 3.8) is 0 Å². The molecule has 0 saturated carbocycles. The molecule has 0 radical (unpaired) electrons. The van der Waals surface area contributed by atoms with Crippen molar-refractivity contribution >= 4 is 11.9 Å². The maximum Gasteiger partial charge on any atom is 0.418 e. The number of halogens is 1. The number of nitrogens with one attached hydrogen (secondary N) is 1. The van der Waals surface area contributed by atoms with Gasteiger partial charge in [0.05, 0.1) is 6.20 Å². The molecule has 3 aromatic rings. The van der Waals surface area contributed by atoms with E-state index in [9.17, 15) is 9.18 Å². The molecule has 0 bridgehead atoms. The van der Waals surface area contributed by atoms with E-state index in [2.05, 4.69) is 10.3 Å². The highest BCUT2D eigenvalue weighted by Gasteiger charge is 2.08. The van der Waals surface area contributed by atoms with Crippen molar-refractivity contribution in [2.24, 2.45) is 0 Å². The number of carbonyl (C=O) groups excluding carboxylic acids is 1. The van der Waals surface area contributed by atoms with Crippen LogP contribution in [0.15, 0.2) is 67.1 Å². The third kappa shape index (κ3) is 3.29. The molecule has 0 fully saturated rings. The van der Waals surface area contributed by atoms with E-state index >= 15 is 0 Å². The summed E-state index contributed by atoms with van der Waals surface area (Å²) in [6.45, 7) is 0. The zero-order valence-electron chi connectivity index (χ0n) is 11.4. The number of para-hydroxylation sites is 1. The molecule has 1 heterocycles. The number of carbonyl (C=O) groups is 1. The van der Waals surface area contributed by atoms with E-state index in [0.29, 0.717) is 17.3 Å². The van der Waals surface area contributed by atoms with Gasteiger partial charge in [-0.25, -0.2) is 14.2 Å². The molecular weight excluding hydrogens is 285 g/mol. The van der Waals surface area contributed by atoms with Crippen LogP contribution in [0.5, 0.6) is 5.75 Å². The Balaban J connectivity index is 1.68. The summed E-state index contributed by atoms with van der Waals surface area (Å²) in [7, 11) is 0.